The number of ketones is 1. The summed E-state index contributed by atoms with van der Waals surface area (Å²) in [6.45, 7) is 5.74. The average molecular weight is 424 g/mol. The fraction of sp³-hybridized carbons (Fsp3) is 0.316. The number of carbonyl (C=O) groups is 1. The van der Waals surface area contributed by atoms with Crippen LogP contribution in [0.25, 0.3) is 0 Å². The molecule has 4 heteroatoms. The van der Waals surface area contributed by atoms with Crippen LogP contribution in [0.4, 0.5) is 0 Å². The van der Waals surface area contributed by atoms with E-state index in [9.17, 15) is 9.90 Å². The second-order valence-corrected chi connectivity index (χ2v) is 7.08. The highest BCUT2D eigenvalue weighted by Crippen LogP contribution is 2.32. The number of hydrogen-bond acceptors (Lipinski definition) is 3. The Labute approximate surface area is 150 Å². The van der Waals surface area contributed by atoms with Gasteiger partial charge in [-0.05, 0) is 72.2 Å². The highest BCUT2D eigenvalue weighted by atomic mass is 127. The standard InChI is InChI=1S/C19H21IO3/c1-12(14(3)21)9-16-7-8-18(13(2)19(16)22)23-11-15-5-4-6-17(20)10-15/h4-8,10,12,22H,9,11H2,1-3H3. The summed E-state index contributed by atoms with van der Waals surface area (Å²) in [6, 6.07) is 11.8. The number of Topliss-reactive ketones (excluding diaryl/α,β-unsaturated/α-hetero) is 1. The lowest BCUT2D eigenvalue weighted by Gasteiger charge is -2.15. The van der Waals surface area contributed by atoms with E-state index in [0.29, 0.717) is 24.3 Å². The van der Waals surface area contributed by atoms with Gasteiger partial charge in [-0.15, -0.1) is 0 Å². The van der Waals surface area contributed by atoms with Gasteiger partial charge in [-0.2, -0.15) is 0 Å². The van der Waals surface area contributed by atoms with Crippen LogP contribution < -0.4 is 4.74 Å². The number of ether oxygens (including phenoxy) is 1. The van der Waals surface area contributed by atoms with Crippen LogP contribution in [0.15, 0.2) is 36.4 Å². The molecule has 0 heterocycles. The first kappa shape index (κ1) is 17.8. The monoisotopic (exact) mass is 424 g/mol. The lowest BCUT2D eigenvalue weighted by Crippen LogP contribution is -2.10. The molecular weight excluding hydrogens is 403 g/mol. The lowest BCUT2D eigenvalue weighted by molar-refractivity contribution is -0.120. The van der Waals surface area contributed by atoms with E-state index in [4.69, 9.17) is 4.74 Å². The SMILES string of the molecule is CC(=O)C(C)Cc1ccc(OCc2cccc(I)c2)c(C)c1O. The molecule has 122 valence electrons. The van der Waals surface area contributed by atoms with Gasteiger partial charge in [0.1, 0.15) is 23.9 Å². The maximum Gasteiger partial charge on any atom is 0.132 e. The number of phenols is 1. The van der Waals surface area contributed by atoms with E-state index < -0.39 is 0 Å². The molecule has 0 saturated carbocycles. The van der Waals surface area contributed by atoms with Crippen LogP contribution in [-0.4, -0.2) is 10.9 Å². The van der Waals surface area contributed by atoms with Gasteiger partial charge in [-0.3, -0.25) is 4.79 Å². The van der Waals surface area contributed by atoms with Crippen molar-refractivity contribution in [1.82, 2.24) is 0 Å². The molecule has 1 N–H and O–H groups in total. The summed E-state index contributed by atoms with van der Waals surface area (Å²) in [5, 5.41) is 10.4. The van der Waals surface area contributed by atoms with Crippen molar-refractivity contribution >= 4 is 28.4 Å². The number of rotatable bonds is 6. The molecule has 2 aromatic carbocycles. The van der Waals surface area contributed by atoms with Crippen molar-refractivity contribution in [2.24, 2.45) is 5.92 Å². The lowest BCUT2D eigenvalue weighted by atomic mass is 9.95. The van der Waals surface area contributed by atoms with Crippen LogP contribution in [0, 0.1) is 16.4 Å². The second-order valence-electron chi connectivity index (χ2n) is 5.83. The second kappa shape index (κ2) is 7.81. The molecule has 3 nitrogen and oxygen atoms in total. The Morgan fingerprint density at radius 3 is 2.70 bits per heavy atom. The Kier molecular flexibility index (Phi) is 6.04. The van der Waals surface area contributed by atoms with E-state index >= 15 is 0 Å². The summed E-state index contributed by atoms with van der Waals surface area (Å²) in [5.74, 6) is 0.915. The van der Waals surface area contributed by atoms with E-state index in [1.54, 1.807) is 6.92 Å². The topological polar surface area (TPSA) is 46.5 Å². The molecule has 0 saturated heterocycles. The van der Waals surface area contributed by atoms with Gasteiger partial charge in [0.2, 0.25) is 0 Å². The van der Waals surface area contributed by atoms with Crippen molar-refractivity contribution in [1.29, 1.82) is 0 Å². The molecule has 0 aliphatic carbocycles. The number of phenolic OH excluding ortho intramolecular Hbond substituents is 1. The third kappa shape index (κ3) is 4.70. The number of hydrogen-bond donors (Lipinski definition) is 1. The molecule has 0 bridgehead atoms. The van der Waals surface area contributed by atoms with Crippen molar-refractivity contribution in [3.63, 3.8) is 0 Å². The Bertz CT molecular complexity index is 710. The quantitative estimate of drug-likeness (QED) is 0.687. The fourth-order valence-electron chi connectivity index (χ4n) is 2.32. The van der Waals surface area contributed by atoms with Crippen molar-refractivity contribution in [3.8, 4) is 11.5 Å². The number of halogens is 1. The minimum atomic E-state index is -0.0986. The van der Waals surface area contributed by atoms with Crippen LogP contribution in [0.5, 0.6) is 11.5 Å². The highest BCUT2D eigenvalue weighted by molar-refractivity contribution is 14.1. The van der Waals surface area contributed by atoms with Crippen molar-refractivity contribution in [3.05, 3.63) is 56.7 Å². The van der Waals surface area contributed by atoms with Crippen LogP contribution >= 0.6 is 22.6 Å². The molecule has 0 aromatic heterocycles. The molecule has 1 unspecified atom stereocenters. The van der Waals surface area contributed by atoms with Gasteiger partial charge in [0.05, 0.1) is 0 Å². The van der Waals surface area contributed by atoms with Gasteiger partial charge in [-0.25, -0.2) is 0 Å². The number of aromatic hydroxyl groups is 1. The number of carbonyl (C=O) groups excluding carboxylic acids is 1. The third-order valence-corrected chi connectivity index (χ3v) is 4.64. The fourth-order valence-corrected chi connectivity index (χ4v) is 2.93. The summed E-state index contributed by atoms with van der Waals surface area (Å²) >= 11 is 2.27. The summed E-state index contributed by atoms with van der Waals surface area (Å²) < 4.78 is 7.00. The minimum absolute atomic E-state index is 0.0986. The van der Waals surface area contributed by atoms with E-state index in [0.717, 1.165) is 14.7 Å². The van der Waals surface area contributed by atoms with Gasteiger partial charge in [0.25, 0.3) is 0 Å². The van der Waals surface area contributed by atoms with Gasteiger partial charge in [0.15, 0.2) is 0 Å². The van der Waals surface area contributed by atoms with E-state index in [1.807, 2.05) is 44.2 Å². The molecule has 0 amide bonds. The zero-order valence-corrected chi connectivity index (χ0v) is 15.8. The predicted octanol–water partition coefficient (Wildman–Crippen LogP) is 4.65. The normalized spacial score (nSPS) is 12.0. The molecule has 23 heavy (non-hydrogen) atoms. The van der Waals surface area contributed by atoms with E-state index in [-0.39, 0.29) is 17.5 Å². The minimum Gasteiger partial charge on any atom is -0.507 e. The summed E-state index contributed by atoms with van der Waals surface area (Å²) in [4.78, 5) is 11.4. The molecule has 0 aliphatic rings. The highest BCUT2D eigenvalue weighted by Gasteiger charge is 2.15. The Morgan fingerprint density at radius 1 is 1.30 bits per heavy atom. The number of benzene rings is 2. The first-order chi connectivity index (χ1) is 10.9. The maximum atomic E-state index is 11.4. The van der Waals surface area contributed by atoms with E-state index in [2.05, 4.69) is 28.7 Å². The molecular formula is C19H21IO3. The van der Waals surface area contributed by atoms with Crippen molar-refractivity contribution in [2.75, 3.05) is 0 Å². The van der Waals surface area contributed by atoms with Gasteiger partial charge < -0.3 is 9.84 Å². The Balaban J connectivity index is 2.12. The van der Waals surface area contributed by atoms with Crippen molar-refractivity contribution < 1.29 is 14.6 Å². The molecule has 0 aliphatic heterocycles. The Hall–Kier alpha value is -1.56. The Morgan fingerprint density at radius 2 is 2.04 bits per heavy atom. The molecule has 1 atom stereocenters. The molecule has 2 rings (SSSR count). The van der Waals surface area contributed by atoms with Gasteiger partial charge >= 0.3 is 0 Å². The first-order valence-electron chi connectivity index (χ1n) is 7.57. The zero-order chi connectivity index (χ0) is 17.0. The third-order valence-electron chi connectivity index (χ3n) is 3.97. The van der Waals surface area contributed by atoms with Crippen molar-refractivity contribution in [2.45, 2.75) is 33.8 Å². The zero-order valence-electron chi connectivity index (χ0n) is 13.6. The molecule has 0 spiro atoms. The molecule has 2 aromatic rings. The van der Waals surface area contributed by atoms with Crippen LogP contribution in [0.3, 0.4) is 0 Å². The smallest absolute Gasteiger partial charge is 0.132 e. The molecule has 0 fully saturated rings. The van der Waals surface area contributed by atoms with Gasteiger partial charge in [0, 0.05) is 15.1 Å². The van der Waals surface area contributed by atoms with Gasteiger partial charge in [-0.1, -0.05) is 25.1 Å². The summed E-state index contributed by atoms with van der Waals surface area (Å²) in [6.07, 6.45) is 0.541. The molecule has 0 radical (unpaired) electrons. The van der Waals surface area contributed by atoms with Crippen LogP contribution in [-0.2, 0) is 17.8 Å². The maximum absolute atomic E-state index is 11.4. The predicted molar refractivity (Wildman–Crippen MR) is 99.9 cm³/mol. The van der Waals surface area contributed by atoms with Crippen LogP contribution in [0.1, 0.15) is 30.5 Å². The first-order valence-corrected chi connectivity index (χ1v) is 8.65. The van der Waals surface area contributed by atoms with Crippen LogP contribution in [0.2, 0.25) is 0 Å². The summed E-state index contributed by atoms with van der Waals surface area (Å²) in [5.41, 5.74) is 2.58. The average Bonchev–Trinajstić information content (AvgIpc) is 2.51. The summed E-state index contributed by atoms with van der Waals surface area (Å²) in [7, 11) is 0. The van der Waals surface area contributed by atoms with E-state index in [1.165, 1.54) is 0 Å². The largest absolute Gasteiger partial charge is 0.507 e.